The Morgan fingerprint density at radius 3 is 1.98 bits per heavy atom. The summed E-state index contributed by atoms with van der Waals surface area (Å²) in [4.78, 5) is 26.0. The monoisotopic (exact) mass is 748 g/mol. The Labute approximate surface area is 329 Å². The van der Waals surface area contributed by atoms with Crippen LogP contribution in [0.1, 0.15) is 0 Å². The lowest BCUT2D eigenvalue weighted by molar-refractivity contribution is 0.666. The maximum atomic E-state index is 6.59. The van der Waals surface area contributed by atoms with Crippen LogP contribution in [-0.2, 0) is 0 Å². The van der Waals surface area contributed by atoms with Crippen molar-refractivity contribution in [1.82, 2.24) is 29.5 Å². The lowest BCUT2D eigenvalue weighted by Crippen LogP contribution is -2.03. The van der Waals surface area contributed by atoms with E-state index in [0.717, 1.165) is 48.9 Å². The third kappa shape index (κ3) is 5.01. The first-order valence-corrected chi connectivity index (χ1v) is 19.6. The number of thiophene rings is 1. The van der Waals surface area contributed by atoms with Gasteiger partial charge in [0.15, 0.2) is 34.6 Å². The summed E-state index contributed by atoms with van der Waals surface area (Å²) >= 11 is 1.75. The summed E-state index contributed by atoms with van der Waals surface area (Å²) in [6.07, 6.45) is 0. The Kier molecular flexibility index (Phi) is 6.96. The van der Waals surface area contributed by atoms with E-state index in [1.807, 2.05) is 60.7 Å². The van der Waals surface area contributed by atoms with Gasteiger partial charge in [-0.1, -0.05) is 121 Å². The number of fused-ring (bicyclic) bond motifs is 9. The summed E-state index contributed by atoms with van der Waals surface area (Å²) in [7, 11) is 0. The first kappa shape index (κ1) is 31.8. The molecule has 12 rings (SSSR count). The molecular weight excluding hydrogens is 721 g/mol. The fourth-order valence-corrected chi connectivity index (χ4v) is 9.29. The van der Waals surface area contributed by atoms with Gasteiger partial charge in [0.25, 0.3) is 0 Å². The van der Waals surface area contributed by atoms with Crippen molar-refractivity contribution in [1.29, 1.82) is 0 Å². The van der Waals surface area contributed by atoms with Crippen LogP contribution in [0.15, 0.2) is 174 Å². The molecule has 0 bridgehead atoms. The number of nitrogens with zero attached hydrogens (tertiary/aromatic N) is 6. The molecule has 7 aromatic carbocycles. The molecule has 0 aliphatic rings. The zero-order chi connectivity index (χ0) is 37.5. The largest absolute Gasteiger partial charge is 0.452 e. The molecule has 0 atom stereocenters. The molecule has 5 aromatic heterocycles. The van der Waals surface area contributed by atoms with E-state index < -0.39 is 0 Å². The van der Waals surface area contributed by atoms with E-state index in [2.05, 4.69) is 114 Å². The van der Waals surface area contributed by atoms with Crippen molar-refractivity contribution in [2.45, 2.75) is 0 Å². The molecule has 7 nitrogen and oxygen atoms in total. The first-order valence-electron chi connectivity index (χ1n) is 18.8. The number of aromatic nitrogens is 6. The topological polar surface area (TPSA) is 82.5 Å². The average Bonchev–Trinajstić information content (AvgIpc) is 3.96. The second-order valence-corrected chi connectivity index (χ2v) is 15.1. The van der Waals surface area contributed by atoms with Crippen molar-refractivity contribution in [3.8, 4) is 51.4 Å². The molecule has 0 radical (unpaired) electrons. The van der Waals surface area contributed by atoms with Crippen molar-refractivity contribution in [2.75, 3.05) is 0 Å². The molecule has 266 valence electrons. The van der Waals surface area contributed by atoms with E-state index in [0.29, 0.717) is 45.7 Å². The summed E-state index contributed by atoms with van der Waals surface area (Å²) < 4.78 is 11.2. The normalized spacial score (nSPS) is 11.9. The summed E-state index contributed by atoms with van der Waals surface area (Å²) in [5, 5.41) is 5.61. The van der Waals surface area contributed by atoms with Crippen molar-refractivity contribution in [3.63, 3.8) is 0 Å². The predicted octanol–water partition coefficient (Wildman–Crippen LogP) is 12.7. The Bertz CT molecular complexity index is 3530. The van der Waals surface area contributed by atoms with Gasteiger partial charge in [0.05, 0.1) is 11.0 Å². The zero-order valence-corrected chi connectivity index (χ0v) is 31.0. The third-order valence-corrected chi connectivity index (χ3v) is 11.9. The van der Waals surface area contributed by atoms with Crippen molar-refractivity contribution in [2.24, 2.45) is 0 Å². The molecular formula is C49H28N6OS. The van der Waals surface area contributed by atoms with E-state index in [4.69, 9.17) is 29.3 Å². The van der Waals surface area contributed by atoms with Gasteiger partial charge in [-0.25, -0.2) is 24.9 Å². The van der Waals surface area contributed by atoms with E-state index in [1.54, 1.807) is 11.3 Å². The minimum atomic E-state index is 0.407. The molecule has 8 heteroatoms. The maximum Gasteiger partial charge on any atom is 0.186 e. The lowest BCUT2D eigenvalue weighted by Gasteiger charge is -2.11. The highest BCUT2D eigenvalue weighted by Gasteiger charge is 2.24. The van der Waals surface area contributed by atoms with Crippen LogP contribution < -0.4 is 0 Å². The molecule has 5 heterocycles. The Hall–Kier alpha value is -7.55. The summed E-state index contributed by atoms with van der Waals surface area (Å²) in [5.74, 6) is 2.07. The van der Waals surface area contributed by atoms with Gasteiger partial charge < -0.3 is 8.98 Å². The fraction of sp³-hybridized carbons (Fsp3) is 0. The molecule has 0 amide bonds. The average molecular weight is 749 g/mol. The smallest absolute Gasteiger partial charge is 0.186 e. The second kappa shape index (κ2) is 12.5. The number of hydrogen-bond acceptors (Lipinski definition) is 7. The van der Waals surface area contributed by atoms with Crippen molar-refractivity contribution >= 4 is 75.4 Å². The van der Waals surface area contributed by atoms with Gasteiger partial charge in [0, 0.05) is 58.7 Å². The molecule has 0 aliphatic carbocycles. The van der Waals surface area contributed by atoms with Crippen LogP contribution >= 0.6 is 11.3 Å². The molecule has 0 aliphatic heterocycles. The van der Waals surface area contributed by atoms with E-state index in [-0.39, 0.29) is 0 Å². The summed E-state index contributed by atoms with van der Waals surface area (Å²) in [6.45, 7) is 0. The molecule has 0 N–H and O–H groups in total. The fourth-order valence-electron chi connectivity index (χ4n) is 8.08. The van der Waals surface area contributed by atoms with Crippen LogP contribution in [0.25, 0.3) is 115 Å². The standard InChI is InChI=1S/C49H28N6OS/c1-3-14-29(15-4-1)46-52-48(37-22-13-21-35-34-19-9-12-25-41(34)57-45(35)37)54-49(53-46)43-44-42(36-20-8-11-24-40(36)56-44)50-47(51-43)30-26-27-33-32-18-7-10-23-38(32)55(39(33)28-30)31-16-5-2-6-17-31/h1-28H. The van der Waals surface area contributed by atoms with Crippen LogP contribution in [0, 0.1) is 0 Å². The van der Waals surface area contributed by atoms with Crippen LogP contribution in [0.2, 0.25) is 0 Å². The lowest BCUT2D eigenvalue weighted by atomic mass is 10.1. The minimum absolute atomic E-state index is 0.407. The Morgan fingerprint density at radius 2 is 1.11 bits per heavy atom. The number of para-hydroxylation sites is 3. The van der Waals surface area contributed by atoms with E-state index >= 15 is 0 Å². The molecule has 0 unspecified atom stereocenters. The predicted molar refractivity (Wildman–Crippen MR) is 232 cm³/mol. The summed E-state index contributed by atoms with van der Waals surface area (Å²) in [5.41, 5.74) is 8.39. The van der Waals surface area contributed by atoms with Gasteiger partial charge in [0.2, 0.25) is 0 Å². The van der Waals surface area contributed by atoms with Gasteiger partial charge in [0.1, 0.15) is 11.1 Å². The highest BCUT2D eigenvalue weighted by molar-refractivity contribution is 7.26. The highest BCUT2D eigenvalue weighted by atomic mass is 32.1. The van der Waals surface area contributed by atoms with Gasteiger partial charge >= 0.3 is 0 Å². The van der Waals surface area contributed by atoms with Crippen LogP contribution in [0.5, 0.6) is 0 Å². The highest BCUT2D eigenvalue weighted by Crippen LogP contribution is 2.41. The first-order chi connectivity index (χ1) is 28.2. The molecule has 0 fully saturated rings. The second-order valence-electron chi connectivity index (χ2n) is 14.0. The maximum absolute atomic E-state index is 6.59. The quantitative estimate of drug-likeness (QED) is 0.174. The third-order valence-electron chi connectivity index (χ3n) is 10.7. The number of furan rings is 1. The van der Waals surface area contributed by atoms with E-state index in [9.17, 15) is 0 Å². The van der Waals surface area contributed by atoms with Gasteiger partial charge in [-0.15, -0.1) is 11.3 Å². The van der Waals surface area contributed by atoms with Gasteiger partial charge in [-0.2, -0.15) is 0 Å². The molecule has 0 saturated heterocycles. The SMILES string of the molecule is c1ccc(-c2nc(-c3nc(-c4ccc5c6ccccc6n(-c6ccccc6)c5c4)nc4c3oc3ccccc34)nc(-c3cccc4c3sc3ccccc34)n2)cc1. The molecule has 0 spiro atoms. The van der Waals surface area contributed by atoms with Crippen molar-refractivity contribution in [3.05, 3.63) is 170 Å². The summed E-state index contributed by atoms with van der Waals surface area (Å²) in [6, 6.07) is 58.3. The Morgan fingerprint density at radius 1 is 0.439 bits per heavy atom. The molecule has 12 aromatic rings. The van der Waals surface area contributed by atoms with Crippen molar-refractivity contribution < 1.29 is 4.42 Å². The Balaban J connectivity index is 1.13. The van der Waals surface area contributed by atoms with Crippen LogP contribution in [0.3, 0.4) is 0 Å². The van der Waals surface area contributed by atoms with Crippen LogP contribution in [0.4, 0.5) is 0 Å². The number of rotatable bonds is 5. The minimum Gasteiger partial charge on any atom is -0.452 e. The van der Waals surface area contributed by atoms with Gasteiger partial charge in [-0.05, 0) is 48.5 Å². The number of hydrogen-bond donors (Lipinski definition) is 0. The molecule has 0 saturated carbocycles. The zero-order valence-electron chi connectivity index (χ0n) is 30.2. The number of benzene rings is 7. The van der Waals surface area contributed by atoms with E-state index in [1.165, 1.54) is 20.9 Å². The van der Waals surface area contributed by atoms with Gasteiger partial charge in [-0.3, -0.25) is 0 Å². The molecule has 57 heavy (non-hydrogen) atoms. The van der Waals surface area contributed by atoms with Crippen LogP contribution in [-0.4, -0.2) is 29.5 Å².